The summed E-state index contributed by atoms with van der Waals surface area (Å²) in [6, 6.07) is 5.48. The molecule has 1 aliphatic heterocycles. The molecule has 1 aromatic carbocycles. The number of para-hydroxylation sites is 1. The van der Waals surface area contributed by atoms with Gasteiger partial charge in [-0.1, -0.05) is 56.7 Å². The highest BCUT2D eigenvalue weighted by molar-refractivity contribution is 6.33. The Morgan fingerprint density at radius 3 is 2.50 bits per heavy atom. The van der Waals surface area contributed by atoms with Crippen molar-refractivity contribution in [2.75, 3.05) is 18.5 Å². The smallest absolute Gasteiger partial charge is 0.310 e. The van der Waals surface area contributed by atoms with E-state index in [1.54, 1.807) is 31.2 Å². The number of halogens is 1. The molecule has 0 aromatic heterocycles. The van der Waals surface area contributed by atoms with Crippen LogP contribution in [0.25, 0.3) is 0 Å². The Morgan fingerprint density at radius 1 is 1.21 bits per heavy atom. The predicted octanol–water partition coefficient (Wildman–Crippen LogP) is 3.90. The van der Waals surface area contributed by atoms with E-state index in [1.807, 2.05) is 32.9 Å². The topological polar surface area (TPSA) is 95.9 Å². The van der Waals surface area contributed by atoms with Gasteiger partial charge in [-0.2, -0.15) is 0 Å². The van der Waals surface area contributed by atoms with Crippen molar-refractivity contribution >= 4 is 35.1 Å². The maximum absolute atomic E-state index is 13.9. The molecule has 3 rings (SSSR count). The lowest BCUT2D eigenvalue weighted by molar-refractivity contribution is -0.156. The molecule has 34 heavy (non-hydrogen) atoms. The summed E-state index contributed by atoms with van der Waals surface area (Å²) in [6.45, 7) is 7.66. The van der Waals surface area contributed by atoms with E-state index in [0.717, 1.165) is 0 Å². The van der Waals surface area contributed by atoms with Gasteiger partial charge in [-0.3, -0.25) is 14.4 Å². The first kappa shape index (κ1) is 26.2. The van der Waals surface area contributed by atoms with Gasteiger partial charge in [0, 0.05) is 5.92 Å². The third kappa shape index (κ3) is 5.15. The Balaban J connectivity index is 2.05. The number of aliphatic hydroxyl groups is 1. The molecule has 0 unspecified atom stereocenters. The molecule has 1 aromatic rings. The Kier molecular flexibility index (Phi) is 8.77. The van der Waals surface area contributed by atoms with Crippen molar-refractivity contribution in [2.45, 2.75) is 52.6 Å². The fourth-order valence-electron chi connectivity index (χ4n) is 5.38. The molecule has 2 N–H and O–H groups in total. The van der Waals surface area contributed by atoms with Gasteiger partial charge in [-0.15, -0.1) is 0 Å². The van der Waals surface area contributed by atoms with E-state index in [2.05, 4.69) is 5.32 Å². The standard InChI is InChI=1S/C26H35ClN2O5/c1-5-16-11-12-18-22(21(16)26(33)34-6-2)25(32)29(17(14-30)13-15(3)4)23(18)24(31)28-20-10-8-7-9-19(20)27/h7-12,15-18,21-23,30H,5-6,13-14H2,1-4H3,(H,28,31)/t16-,17-,18+,21-,22-,23+/m1/s1. The molecule has 1 heterocycles. The summed E-state index contributed by atoms with van der Waals surface area (Å²) in [4.78, 5) is 42.1. The molecule has 0 radical (unpaired) electrons. The van der Waals surface area contributed by atoms with Crippen molar-refractivity contribution < 1.29 is 24.2 Å². The molecule has 6 atom stereocenters. The van der Waals surface area contributed by atoms with E-state index in [-0.39, 0.29) is 31.0 Å². The van der Waals surface area contributed by atoms with Crippen LogP contribution in [0.3, 0.4) is 0 Å². The zero-order valence-corrected chi connectivity index (χ0v) is 21.0. The second-order valence-electron chi connectivity index (χ2n) is 9.46. The molecule has 1 fully saturated rings. The average Bonchev–Trinajstić information content (AvgIpc) is 3.10. The van der Waals surface area contributed by atoms with Gasteiger partial charge < -0.3 is 20.1 Å². The van der Waals surface area contributed by atoms with E-state index in [0.29, 0.717) is 23.6 Å². The zero-order chi connectivity index (χ0) is 25.0. The van der Waals surface area contributed by atoms with Gasteiger partial charge >= 0.3 is 5.97 Å². The van der Waals surface area contributed by atoms with Crippen molar-refractivity contribution in [3.05, 3.63) is 41.4 Å². The maximum atomic E-state index is 13.9. The number of hydrogen-bond acceptors (Lipinski definition) is 5. The molecule has 1 aliphatic carbocycles. The highest BCUT2D eigenvalue weighted by Crippen LogP contribution is 2.46. The first-order valence-electron chi connectivity index (χ1n) is 12.1. The summed E-state index contributed by atoms with van der Waals surface area (Å²) in [5.41, 5.74) is 0.447. The van der Waals surface area contributed by atoms with Gasteiger partial charge in [0.25, 0.3) is 0 Å². The lowest BCUT2D eigenvalue weighted by atomic mass is 9.69. The number of carbonyl (C=O) groups excluding carboxylic acids is 3. The summed E-state index contributed by atoms with van der Waals surface area (Å²) in [5.74, 6) is -2.98. The number of amides is 2. The number of esters is 1. The molecule has 2 aliphatic rings. The number of nitrogens with zero attached hydrogens (tertiary/aromatic N) is 1. The summed E-state index contributed by atoms with van der Waals surface area (Å²) >= 11 is 6.26. The minimum absolute atomic E-state index is 0.158. The van der Waals surface area contributed by atoms with Gasteiger partial charge in [0.2, 0.25) is 11.8 Å². The third-order valence-electron chi connectivity index (χ3n) is 6.83. The molecule has 0 bridgehead atoms. The van der Waals surface area contributed by atoms with Crippen molar-refractivity contribution in [3.8, 4) is 0 Å². The van der Waals surface area contributed by atoms with Gasteiger partial charge in [0.05, 0.1) is 41.8 Å². The van der Waals surface area contributed by atoms with Crippen LogP contribution in [0.2, 0.25) is 5.02 Å². The van der Waals surface area contributed by atoms with Crippen LogP contribution in [-0.2, 0) is 19.1 Å². The number of hydrogen-bond donors (Lipinski definition) is 2. The summed E-state index contributed by atoms with van der Waals surface area (Å²) in [6.07, 6.45) is 5.03. The SMILES string of the molecule is CCOC(=O)[C@H]1[C@@H]2C(=O)N([C@@H](CO)CC(C)C)[C@H](C(=O)Nc3ccccc3Cl)[C@H]2C=C[C@H]1CC. The number of benzene rings is 1. The number of anilines is 1. The van der Waals surface area contributed by atoms with Gasteiger partial charge in [-0.25, -0.2) is 0 Å². The second-order valence-corrected chi connectivity index (χ2v) is 9.87. The van der Waals surface area contributed by atoms with Crippen molar-refractivity contribution in [1.29, 1.82) is 0 Å². The molecule has 7 nitrogen and oxygen atoms in total. The Morgan fingerprint density at radius 2 is 1.91 bits per heavy atom. The number of allylic oxidation sites excluding steroid dienone is 1. The number of ether oxygens (including phenoxy) is 1. The first-order valence-corrected chi connectivity index (χ1v) is 12.5. The average molecular weight is 491 g/mol. The molecule has 1 saturated heterocycles. The molecular formula is C26H35ClN2O5. The minimum atomic E-state index is -0.879. The second kappa shape index (κ2) is 11.4. The lowest BCUT2D eigenvalue weighted by Gasteiger charge is -2.34. The lowest BCUT2D eigenvalue weighted by Crippen LogP contribution is -2.51. The van der Waals surface area contributed by atoms with Crippen LogP contribution >= 0.6 is 11.6 Å². The number of carbonyl (C=O) groups is 3. The predicted molar refractivity (Wildman–Crippen MR) is 131 cm³/mol. The Bertz CT molecular complexity index is 934. The van der Waals surface area contributed by atoms with Crippen LogP contribution in [0.15, 0.2) is 36.4 Å². The van der Waals surface area contributed by atoms with Crippen LogP contribution in [-0.4, -0.2) is 53.1 Å². The maximum Gasteiger partial charge on any atom is 0.310 e. The number of nitrogens with one attached hydrogen (secondary N) is 1. The normalized spacial score (nSPS) is 27.0. The van der Waals surface area contributed by atoms with Crippen LogP contribution in [0.1, 0.15) is 40.5 Å². The fraction of sp³-hybridized carbons (Fsp3) is 0.577. The van der Waals surface area contributed by atoms with Crippen LogP contribution in [0.5, 0.6) is 0 Å². The number of likely N-dealkylation sites (tertiary alicyclic amines) is 1. The number of fused-ring (bicyclic) bond motifs is 1. The molecule has 2 amide bonds. The monoisotopic (exact) mass is 490 g/mol. The van der Waals surface area contributed by atoms with E-state index >= 15 is 0 Å². The highest BCUT2D eigenvalue weighted by Gasteiger charge is 2.58. The first-order chi connectivity index (χ1) is 16.2. The van der Waals surface area contributed by atoms with Gasteiger partial charge in [-0.05, 0) is 43.7 Å². The summed E-state index contributed by atoms with van der Waals surface area (Å²) < 4.78 is 5.35. The molecule has 0 saturated carbocycles. The molecular weight excluding hydrogens is 456 g/mol. The highest BCUT2D eigenvalue weighted by atomic mass is 35.5. The molecule has 0 spiro atoms. The fourth-order valence-corrected chi connectivity index (χ4v) is 5.56. The Hall–Kier alpha value is -2.38. The number of rotatable bonds is 9. The van der Waals surface area contributed by atoms with E-state index in [9.17, 15) is 19.5 Å². The minimum Gasteiger partial charge on any atom is -0.466 e. The van der Waals surface area contributed by atoms with Crippen LogP contribution in [0, 0.1) is 29.6 Å². The third-order valence-corrected chi connectivity index (χ3v) is 7.16. The summed E-state index contributed by atoms with van der Waals surface area (Å²) in [5, 5.41) is 13.5. The molecule has 186 valence electrons. The zero-order valence-electron chi connectivity index (χ0n) is 20.2. The van der Waals surface area contributed by atoms with Gasteiger partial charge in [0.15, 0.2) is 0 Å². The molecule has 8 heteroatoms. The van der Waals surface area contributed by atoms with E-state index < -0.39 is 41.7 Å². The summed E-state index contributed by atoms with van der Waals surface area (Å²) in [7, 11) is 0. The van der Waals surface area contributed by atoms with Crippen molar-refractivity contribution in [3.63, 3.8) is 0 Å². The van der Waals surface area contributed by atoms with Crippen LogP contribution < -0.4 is 5.32 Å². The quantitative estimate of drug-likeness (QED) is 0.404. The van der Waals surface area contributed by atoms with E-state index in [4.69, 9.17) is 16.3 Å². The van der Waals surface area contributed by atoms with Crippen molar-refractivity contribution in [2.24, 2.45) is 29.6 Å². The van der Waals surface area contributed by atoms with Crippen molar-refractivity contribution in [1.82, 2.24) is 4.90 Å². The largest absolute Gasteiger partial charge is 0.466 e. The van der Waals surface area contributed by atoms with E-state index in [1.165, 1.54) is 4.90 Å². The van der Waals surface area contributed by atoms with Gasteiger partial charge in [0.1, 0.15) is 6.04 Å². The number of aliphatic hydroxyl groups excluding tert-OH is 1. The Labute approximate surface area is 206 Å². The van der Waals surface area contributed by atoms with Crippen LogP contribution in [0.4, 0.5) is 5.69 Å².